The van der Waals surface area contributed by atoms with Gasteiger partial charge in [-0.25, -0.2) is 8.42 Å². The Kier molecular flexibility index (Phi) is 9.13. The van der Waals surface area contributed by atoms with Crippen LogP contribution in [0.3, 0.4) is 0 Å². The number of anilines is 1. The molecule has 0 aliphatic rings. The van der Waals surface area contributed by atoms with Crippen LogP contribution in [0.4, 0.5) is 5.69 Å². The van der Waals surface area contributed by atoms with Crippen LogP contribution < -0.4 is 14.4 Å². The molecule has 0 radical (unpaired) electrons. The normalized spacial score (nSPS) is 12.1. The van der Waals surface area contributed by atoms with Crippen molar-refractivity contribution in [2.75, 3.05) is 30.8 Å². The number of halogens is 1. The molecule has 0 aromatic heterocycles. The lowest BCUT2D eigenvalue weighted by molar-refractivity contribution is -0.139. The largest absolute Gasteiger partial charge is 0.495 e. The van der Waals surface area contributed by atoms with E-state index in [2.05, 4.69) is 5.32 Å². The van der Waals surface area contributed by atoms with E-state index in [4.69, 9.17) is 16.3 Å². The van der Waals surface area contributed by atoms with Crippen LogP contribution in [0.5, 0.6) is 5.75 Å². The van der Waals surface area contributed by atoms with Crippen molar-refractivity contribution in [3.05, 3.63) is 58.6 Å². The minimum Gasteiger partial charge on any atom is -0.495 e. The van der Waals surface area contributed by atoms with Gasteiger partial charge >= 0.3 is 0 Å². The number of carbonyl (C=O) groups is 2. The second-order valence-electron chi connectivity index (χ2n) is 7.61. The molecule has 0 bridgehead atoms. The molecule has 10 heteroatoms. The van der Waals surface area contributed by atoms with Gasteiger partial charge in [0.2, 0.25) is 21.8 Å². The number of methoxy groups -OCH3 is 1. The number of hydrogen-bond acceptors (Lipinski definition) is 5. The van der Waals surface area contributed by atoms with Crippen molar-refractivity contribution in [3.63, 3.8) is 0 Å². The quantitative estimate of drug-likeness (QED) is 0.546. The summed E-state index contributed by atoms with van der Waals surface area (Å²) in [4.78, 5) is 27.4. The second kappa shape index (κ2) is 11.4. The molecule has 0 unspecified atom stereocenters. The third-order valence-electron chi connectivity index (χ3n) is 5.22. The molecule has 33 heavy (non-hydrogen) atoms. The Hall–Kier alpha value is -2.78. The molecule has 2 rings (SSSR count). The predicted molar refractivity (Wildman–Crippen MR) is 130 cm³/mol. The van der Waals surface area contributed by atoms with Gasteiger partial charge in [-0.15, -0.1) is 0 Å². The van der Waals surface area contributed by atoms with Crippen LogP contribution in [0.25, 0.3) is 0 Å². The van der Waals surface area contributed by atoms with Gasteiger partial charge in [-0.1, -0.05) is 35.9 Å². The van der Waals surface area contributed by atoms with Gasteiger partial charge in [0.1, 0.15) is 18.3 Å². The van der Waals surface area contributed by atoms with E-state index in [-0.39, 0.29) is 23.2 Å². The lowest BCUT2D eigenvalue weighted by Gasteiger charge is -2.31. The highest BCUT2D eigenvalue weighted by Crippen LogP contribution is 2.30. The monoisotopic (exact) mass is 495 g/mol. The molecule has 0 saturated heterocycles. The SMILES string of the molecule is CCNC(=O)[C@@H](C)N(Cc1ccccc1C)C(=O)CN(c1ccc(OC)c(Cl)c1)S(C)(=O)=O. The first-order valence-corrected chi connectivity index (χ1v) is 12.6. The highest BCUT2D eigenvalue weighted by atomic mass is 35.5. The van der Waals surface area contributed by atoms with E-state index in [9.17, 15) is 18.0 Å². The average Bonchev–Trinajstić information content (AvgIpc) is 2.75. The van der Waals surface area contributed by atoms with Crippen molar-refractivity contribution in [3.8, 4) is 5.75 Å². The van der Waals surface area contributed by atoms with Crippen molar-refractivity contribution in [2.45, 2.75) is 33.4 Å². The number of ether oxygens (including phenoxy) is 1. The fourth-order valence-electron chi connectivity index (χ4n) is 3.30. The number of carbonyl (C=O) groups excluding carboxylic acids is 2. The molecular formula is C23H30ClN3O5S. The van der Waals surface area contributed by atoms with E-state index in [1.807, 2.05) is 31.2 Å². The van der Waals surface area contributed by atoms with E-state index in [1.54, 1.807) is 13.8 Å². The summed E-state index contributed by atoms with van der Waals surface area (Å²) in [5, 5.41) is 2.93. The van der Waals surface area contributed by atoms with Crippen molar-refractivity contribution in [1.29, 1.82) is 0 Å². The fraction of sp³-hybridized carbons (Fsp3) is 0.391. The minimum atomic E-state index is -3.83. The zero-order valence-corrected chi connectivity index (χ0v) is 21.0. The number of sulfonamides is 1. The number of nitrogens with zero attached hydrogens (tertiary/aromatic N) is 2. The molecule has 8 nitrogen and oxygen atoms in total. The van der Waals surface area contributed by atoms with Gasteiger partial charge in [0.15, 0.2) is 0 Å². The second-order valence-corrected chi connectivity index (χ2v) is 9.92. The summed E-state index contributed by atoms with van der Waals surface area (Å²) >= 11 is 6.18. The van der Waals surface area contributed by atoms with Crippen LogP contribution in [0.2, 0.25) is 5.02 Å². The van der Waals surface area contributed by atoms with Crippen LogP contribution in [-0.2, 0) is 26.2 Å². The van der Waals surface area contributed by atoms with Crippen LogP contribution in [0, 0.1) is 6.92 Å². The number of amides is 2. The summed E-state index contributed by atoms with van der Waals surface area (Å²) in [7, 11) is -2.38. The van der Waals surface area contributed by atoms with E-state index in [0.717, 1.165) is 21.7 Å². The van der Waals surface area contributed by atoms with Crippen LogP contribution in [0.1, 0.15) is 25.0 Å². The molecule has 2 aromatic carbocycles. The maximum atomic E-state index is 13.4. The first-order chi connectivity index (χ1) is 15.5. The highest BCUT2D eigenvalue weighted by molar-refractivity contribution is 7.92. The minimum absolute atomic E-state index is 0.158. The topological polar surface area (TPSA) is 96.0 Å². The summed E-state index contributed by atoms with van der Waals surface area (Å²) in [5.41, 5.74) is 2.04. The molecule has 180 valence electrons. The molecule has 0 heterocycles. The number of nitrogens with one attached hydrogen (secondary N) is 1. The molecule has 0 aliphatic heterocycles. The summed E-state index contributed by atoms with van der Waals surface area (Å²) < 4.78 is 31.2. The van der Waals surface area contributed by atoms with Crippen molar-refractivity contribution < 1.29 is 22.7 Å². The molecule has 1 atom stereocenters. The highest BCUT2D eigenvalue weighted by Gasteiger charge is 2.30. The molecule has 2 amide bonds. The molecule has 0 spiro atoms. The number of hydrogen-bond donors (Lipinski definition) is 1. The van der Waals surface area contributed by atoms with Gasteiger partial charge in [0.05, 0.1) is 24.1 Å². The first-order valence-electron chi connectivity index (χ1n) is 10.4. The van der Waals surface area contributed by atoms with Gasteiger partial charge in [-0.3, -0.25) is 13.9 Å². The van der Waals surface area contributed by atoms with E-state index < -0.39 is 28.5 Å². The smallest absolute Gasteiger partial charge is 0.244 e. The molecule has 2 aromatic rings. The molecule has 0 saturated carbocycles. The molecular weight excluding hydrogens is 466 g/mol. The van der Waals surface area contributed by atoms with Crippen LogP contribution in [-0.4, -0.2) is 57.6 Å². The third-order valence-corrected chi connectivity index (χ3v) is 6.66. The van der Waals surface area contributed by atoms with E-state index in [1.165, 1.54) is 30.2 Å². The summed E-state index contributed by atoms with van der Waals surface area (Å²) in [5.74, 6) is -0.460. The van der Waals surface area contributed by atoms with Crippen molar-refractivity contribution >= 4 is 39.1 Å². The average molecular weight is 496 g/mol. The Balaban J connectivity index is 2.42. The Labute approximate surface area is 200 Å². The molecule has 0 aliphatic carbocycles. The maximum absolute atomic E-state index is 13.4. The van der Waals surface area contributed by atoms with E-state index in [0.29, 0.717) is 12.3 Å². The zero-order chi connectivity index (χ0) is 24.8. The van der Waals surface area contributed by atoms with Gasteiger partial charge in [-0.05, 0) is 50.1 Å². The Bertz CT molecular complexity index is 1110. The third kappa shape index (κ3) is 6.85. The Morgan fingerprint density at radius 3 is 2.39 bits per heavy atom. The standard InChI is InChI=1S/C23H30ClN3O5S/c1-6-25-23(29)17(3)26(14-18-10-8-7-9-16(18)2)22(28)15-27(33(5,30)31)19-11-12-21(32-4)20(24)13-19/h7-13,17H,6,14-15H2,1-5H3,(H,25,29)/t17-/m1/s1. The van der Waals surface area contributed by atoms with Gasteiger partial charge in [0, 0.05) is 13.1 Å². The maximum Gasteiger partial charge on any atom is 0.244 e. The van der Waals surface area contributed by atoms with E-state index >= 15 is 0 Å². The van der Waals surface area contributed by atoms with Gasteiger partial charge < -0.3 is 15.0 Å². The summed E-state index contributed by atoms with van der Waals surface area (Å²) in [6, 6.07) is 11.2. The molecule has 0 fully saturated rings. The first kappa shape index (κ1) is 26.5. The molecule has 1 N–H and O–H groups in total. The van der Waals surface area contributed by atoms with Crippen LogP contribution in [0.15, 0.2) is 42.5 Å². The fourth-order valence-corrected chi connectivity index (χ4v) is 4.39. The van der Waals surface area contributed by atoms with Gasteiger partial charge in [0.25, 0.3) is 0 Å². The number of rotatable bonds is 10. The van der Waals surface area contributed by atoms with Crippen LogP contribution >= 0.6 is 11.6 Å². The zero-order valence-electron chi connectivity index (χ0n) is 19.5. The predicted octanol–water partition coefficient (Wildman–Crippen LogP) is 2.98. The Morgan fingerprint density at radius 2 is 1.85 bits per heavy atom. The lowest BCUT2D eigenvalue weighted by atomic mass is 10.1. The van der Waals surface area contributed by atoms with Crippen molar-refractivity contribution in [1.82, 2.24) is 10.2 Å². The number of likely N-dealkylation sites (N-methyl/N-ethyl adjacent to an activating group) is 1. The number of aryl methyl sites for hydroxylation is 1. The van der Waals surface area contributed by atoms with Crippen molar-refractivity contribution in [2.24, 2.45) is 0 Å². The number of benzene rings is 2. The summed E-state index contributed by atoms with van der Waals surface area (Å²) in [6.45, 7) is 5.40. The van der Waals surface area contributed by atoms with Gasteiger partial charge in [-0.2, -0.15) is 0 Å². The lowest BCUT2D eigenvalue weighted by Crippen LogP contribution is -2.51. The summed E-state index contributed by atoms with van der Waals surface area (Å²) in [6.07, 6.45) is 1.01. The Morgan fingerprint density at radius 1 is 1.18 bits per heavy atom.